The summed E-state index contributed by atoms with van der Waals surface area (Å²) in [7, 11) is 0. The minimum atomic E-state index is -0.271. The molecule has 0 saturated carbocycles. The number of carbonyl (C=O) groups is 1. The van der Waals surface area contributed by atoms with Gasteiger partial charge in [0, 0.05) is 24.9 Å². The van der Waals surface area contributed by atoms with Crippen LogP contribution in [-0.4, -0.2) is 35.1 Å². The van der Waals surface area contributed by atoms with Gasteiger partial charge in [-0.05, 0) is 12.8 Å². The minimum absolute atomic E-state index is 0.154. The third-order valence-corrected chi connectivity index (χ3v) is 3.52. The zero-order chi connectivity index (χ0) is 12.2. The largest absolute Gasteiger partial charge is 0.392 e. The van der Waals surface area contributed by atoms with Gasteiger partial charge in [0.25, 0.3) is 0 Å². The molecule has 0 spiro atoms. The Morgan fingerprint density at radius 1 is 1.44 bits per heavy atom. The van der Waals surface area contributed by atoms with Gasteiger partial charge in [-0.3, -0.25) is 4.79 Å². The zero-order valence-corrected chi connectivity index (χ0v) is 10.8. The van der Waals surface area contributed by atoms with Crippen LogP contribution in [0.3, 0.4) is 0 Å². The Kier molecular flexibility index (Phi) is 4.78. The Morgan fingerprint density at radius 3 is 2.69 bits per heavy atom. The Bertz CT molecular complexity index is 238. The van der Waals surface area contributed by atoms with Gasteiger partial charge >= 0.3 is 0 Å². The molecule has 0 aromatic heterocycles. The lowest BCUT2D eigenvalue weighted by molar-refractivity contribution is -0.137. The number of aliphatic hydroxyl groups is 1. The van der Waals surface area contributed by atoms with E-state index in [-0.39, 0.29) is 17.4 Å². The number of nitrogens with zero attached hydrogens (tertiary/aromatic N) is 1. The van der Waals surface area contributed by atoms with Crippen molar-refractivity contribution in [1.29, 1.82) is 0 Å². The van der Waals surface area contributed by atoms with Crippen LogP contribution in [0.15, 0.2) is 0 Å². The van der Waals surface area contributed by atoms with Crippen molar-refractivity contribution >= 4 is 5.91 Å². The molecular formula is C13H25NO2. The van der Waals surface area contributed by atoms with Gasteiger partial charge in [-0.1, -0.05) is 33.6 Å². The van der Waals surface area contributed by atoms with Gasteiger partial charge in [0.1, 0.15) is 0 Å². The van der Waals surface area contributed by atoms with E-state index in [1.807, 2.05) is 18.7 Å². The molecule has 3 heteroatoms. The molecule has 16 heavy (non-hydrogen) atoms. The van der Waals surface area contributed by atoms with Gasteiger partial charge in [0.15, 0.2) is 0 Å². The topological polar surface area (TPSA) is 40.5 Å². The fourth-order valence-electron chi connectivity index (χ4n) is 2.24. The first-order valence-electron chi connectivity index (χ1n) is 6.43. The molecule has 1 aliphatic heterocycles. The summed E-state index contributed by atoms with van der Waals surface area (Å²) < 4.78 is 0. The number of hydrogen-bond donors (Lipinski definition) is 1. The molecule has 0 bridgehead atoms. The van der Waals surface area contributed by atoms with Crippen LogP contribution in [0, 0.1) is 5.41 Å². The highest BCUT2D eigenvalue weighted by atomic mass is 16.3. The highest BCUT2D eigenvalue weighted by Crippen LogP contribution is 2.29. The van der Waals surface area contributed by atoms with Crippen LogP contribution < -0.4 is 0 Å². The number of hydrogen-bond acceptors (Lipinski definition) is 2. The van der Waals surface area contributed by atoms with Crippen LogP contribution in [0.25, 0.3) is 0 Å². The Balaban J connectivity index is 2.40. The number of amides is 1. The summed E-state index contributed by atoms with van der Waals surface area (Å²) in [5.41, 5.74) is -0.154. The van der Waals surface area contributed by atoms with Crippen LogP contribution in [0.5, 0.6) is 0 Å². The number of piperidine rings is 1. The van der Waals surface area contributed by atoms with Gasteiger partial charge in [-0.2, -0.15) is 0 Å². The van der Waals surface area contributed by atoms with E-state index in [9.17, 15) is 9.90 Å². The molecule has 1 atom stereocenters. The standard InChI is InChI=1S/C13H25NO2/c1-4-5-6-7-12(16)14-9-8-11(15)13(2,3)10-14/h11,15H,4-10H2,1-3H3. The summed E-state index contributed by atoms with van der Waals surface area (Å²) in [5.74, 6) is 0.258. The van der Waals surface area contributed by atoms with Gasteiger partial charge < -0.3 is 10.0 Å². The van der Waals surface area contributed by atoms with Crippen molar-refractivity contribution in [3.8, 4) is 0 Å². The number of likely N-dealkylation sites (tertiary alicyclic amines) is 1. The molecule has 1 N–H and O–H groups in total. The van der Waals surface area contributed by atoms with Gasteiger partial charge in [-0.15, -0.1) is 0 Å². The van der Waals surface area contributed by atoms with Gasteiger partial charge in [0.2, 0.25) is 5.91 Å². The highest BCUT2D eigenvalue weighted by Gasteiger charge is 2.35. The highest BCUT2D eigenvalue weighted by molar-refractivity contribution is 5.76. The smallest absolute Gasteiger partial charge is 0.222 e. The number of unbranched alkanes of at least 4 members (excludes halogenated alkanes) is 2. The number of carbonyl (C=O) groups excluding carboxylic acids is 1. The molecule has 1 heterocycles. The number of rotatable bonds is 4. The Labute approximate surface area is 98.8 Å². The van der Waals surface area contributed by atoms with Crippen molar-refractivity contribution in [2.75, 3.05) is 13.1 Å². The molecular weight excluding hydrogens is 202 g/mol. The maximum absolute atomic E-state index is 11.9. The minimum Gasteiger partial charge on any atom is -0.392 e. The maximum Gasteiger partial charge on any atom is 0.222 e. The molecule has 1 saturated heterocycles. The predicted molar refractivity (Wildman–Crippen MR) is 65.1 cm³/mol. The van der Waals surface area contributed by atoms with E-state index in [1.165, 1.54) is 0 Å². The second-order valence-electron chi connectivity index (χ2n) is 5.57. The van der Waals surface area contributed by atoms with E-state index in [0.717, 1.165) is 25.8 Å². The van der Waals surface area contributed by atoms with Crippen molar-refractivity contribution < 1.29 is 9.90 Å². The zero-order valence-electron chi connectivity index (χ0n) is 10.8. The van der Waals surface area contributed by atoms with Crippen molar-refractivity contribution in [1.82, 2.24) is 4.90 Å². The van der Waals surface area contributed by atoms with Crippen molar-refractivity contribution in [2.24, 2.45) is 5.41 Å². The summed E-state index contributed by atoms with van der Waals surface area (Å²) in [6.07, 6.45) is 4.39. The van der Waals surface area contributed by atoms with Crippen LogP contribution >= 0.6 is 0 Å². The van der Waals surface area contributed by atoms with E-state index in [2.05, 4.69) is 6.92 Å². The fraction of sp³-hybridized carbons (Fsp3) is 0.923. The lowest BCUT2D eigenvalue weighted by Gasteiger charge is -2.41. The van der Waals surface area contributed by atoms with Crippen LogP contribution in [-0.2, 0) is 4.79 Å². The Morgan fingerprint density at radius 2 is 2.12 bits per heavy atom. The summed E-state index contributed by atoms with van der Waals surface area (Å²) >= 11 is 0. The molecule has 3 nitrogen and oxygen atoms in total. The molecule has 0 aromatic rings. The van der Waals surface area contributed by atoms with Crippen LogP contribution in [0.2, 0.25) is 0 Å². The number of aliphatic hydroxyl groups excluding tert-OH is 1. The molecule has 1 rings (SSSR count). The van der Waals surface area contributed by atoms with E-state index >= 15 is 0 Å². The average molecular weight is 227 g/mol. The first-order valence-corrected chi connectivity index (χ1v) is 6.43. The summed E-state index contributed by atoms with van der Waals surface area (Å²) in [4.78, 5) is 13.8. The first kappa shape index (κ1) is 13.5. The van der Waals surface area contributed by atoms with E-state index in [0.29, 0.717) is 19.4 Å². The van der Waals surface area contributed by atoms with Crippen LogP contribution in [0.1, 0.15) is 52.9 Å². The molecule has 1 aliphatic rings. The average Bonchev–Trinajstić information content (AvgIpc) is 2.22. The molecule has 0 aromatic carbocycles. The van der Waals surface area contributed by atoms with Crippen LogP contribution in [0.4, 0.5) is 0 Å². The normalized spacial score (nSPS) is 24.5. The molecule has 94 valence electrons. The molecule has 1 amide bonds. The third-order valence-electron chi connectivity index (χ3n) is 3.52. The lowest BCUT2D eigenvalue weighted by Crippen LogP contribution is -2.50. The SMILES string of the molecule is CCCCCC(=O)N1CCC(O)C(C)(C)C1. The quantitative estimate of drug-likeness (QED) is 0.748. The fourth-order valence-corrected chi connectivity index (χ4v) is 2.24. The molecule has 1 unspecified atom stereocenters. The van der Waals surface area contributed by atoms with E-state index < -0.39 is 0 Å². The van der Waals surface area contributed by atoms with E-state index in [4.69, 9.17) is 0 Å². The summed E-state index contributed by atoms with van der Waals surface area (Å²) in [6.45, 7) is 7.62. The van der Waals surface area contributed by atoms with Crippen molar-refractivity contribution in [2.45, 2.75) is 59.0 Å². The predicted octanol–water partition coefficient (Wildman–Crippen LogP) is 2.19. The second-order valence-corrected chi connectivity index (χ2v) is 5.57. The Hall–Kier alpha value is -0.570. The molecule has 0 radical (unpaired) electrons. The third kappa shape index (κ3) is 3.48. The van der Waals surface area contributed by atoms with Crippen molar-refractivity contribution in [3.63, 3.8) is 0 Å². The van der Waals surface area contributed by atoms with Gasteiger partial charge in [0.05, 0.1) is 6.10 Å². The van der Waals surface area contributed by atoms with E-state index in [1.54, 1.807) is 0 Å². The summed E-state index contributed by atoms with van der Waals surface area (Å²) in [5, 5.41) is 9.81. The monoisotopic (exact) mass is 227 g/mol. The lowest BCUT2D eigenvalue weighted by atomic mass is 9.81. The molecule has 1 fully saturated rings. The van der Waals surface area contributed by atoms with Gasteiger partial charge in [-0.25, -0.2) is 0 Å². The second kappa shape index (κ2) is 5.67. The maximum atomic E-state index is 11.9. The molecule has 0 aliphatic carbocycles. The summed E-state index contributed by atoms with van der Waals surface area (Å²) in [6, 6.07) is 0. The first-order chi connectivity index (χ1) is 7.47. The van der Waals surface area contributed by atoms with Crippen molar-refractivity contribution in [3.05, 3.63) is 0 Å².